The molecule has 0 fully saturated rings. The van der Waals surface area contributed by atoms with Crippen LogP contribution < -0.4 is 5.32 Å². The van der Waals surface area contributed by atoms with Gasteiger partial charge in [0.05, 0.1) is 11.8 Å². The van der Waals surface area contributed by atoms with Crippen molar-refractivity contribution in [3.8, 4) is 0 Å². The molecule has 0 saturated carbocycles. The lowest BCUT2D eigenvalue weighted by molar-refractivity contribution is 0.0611. The topological polar surface area (TPSA) is 39.1 Å². The van der Waals surface area contributed by atoms with Crippen LogP contribution in [0.3, 0.4) is 0 Å². The van der Waals surface area contributed by atoms with Crippen LogP contribution in [0.4, 0.5) is 0 Å². The lowest BCUT2D eigenvalue weighted by Gasteiger charge is -2.26. The maximum atomic E-state index is 5.59. The van der Waals surface area contributed by atoms with Gasteiger partial charge in [-0.05, 0) is 19.0 Å². The highest BCUT2D eigenvalue weighted by Crippen LogP contribution is 2.11. The third kappa shape index (κ3) is 4.48. The molecule has 1 heterocycles. The molecule has 0 aliphatic rings. The van der Waals surface area contributed by atoms with Gasteiger partial charge in [0.2, 0.25) is 0 Å². The van der Waals surface area contributed by atoms with Gasteiger partial charge >= 0.3 is 0 Å². The van der Waals surface area contributed by atoms with Crippen molar-refractivity contribution in [3.05, 3.63) is 18.0 Å². The minimum absolute atomic E-state index is 0.266. The average molecular weight is 239 g/mol. The Balaban J connectivity index is 2.63. The first kappa shape index (κ1) is 14.2. The van der Waals surface area contributed by atoms with E-state index in [2.05, 4.69) is 30.3 Å². The van der Waals surface area contributed by atoms with Crippen molar-refractivity contribution in [1.82, 2.24) is 15.1 Å². The largest absolute Gasteiger partial charge is 0.380 e. The van der Waals surface area contributed by atoms with Gasteiger partial charge in [-0.15, -0.1) is 0 Å². The first-order valence-electron chi connectivity index (χ1n) is 6.45. The van der Waals surface area contributed by atoms with Crippen molar-refractivity contribution < 1.29 is 4.74 Å². The summed E-state index contributed by atoms with van der Waals surface area (Å²) in [6, 6.07) is 2.42. The molecule has 0 amide bonds. The first-order chi connectivity index (χ1) is 8.21. The lowest BCUT2D eigenvalue weighted by Crippen LogP contribution is -2.42. The summed E-state index contributed by atoms with van der Waals surface area (Å²) in [5.74, 6) is 0. The van der Waals surface area contributed by atoms with Crippen LogP contribution in [0.15, 0.2) is 12.3 Å². The van der Waals surface area contributed by atoms with Crippen LogP contribution in [0.2, 0.25) is 0 Å². The molecule has 1 aromatic rings. The van der Waals surface area contributed by atoms with E-state index in [1.165, 1.54) is 0 Å². The SMILES string of the molecule is CCCC(OC)C(Cc1ccn(C)n1)NCC. The summed E-state index contributed by atoms with van der Waals surface area (Å²) in [5, 5.41) is 7.93. The van der Waals surface area contributed by atoms with E-state index in [-0.39, 0.29) is 6.10 Å². The van der Waals surface area contributed by atoms with Crippen LogP contribution in [-0.4, -0.2) is 35.6 Å². The van der Waals surface area contributed by atoms with Crippen LogP contribution in [0, 0.1) is 0 Å². The summed E-state index contributed by atoms with van der Waals surface area (Å²) in [6.45, 7) is 5.28. The summed E-state index contributed by atoms with van der Waals surface area (Å²) in [5.41, 5.74) is 1.12. The maximum absolute atomic E-state index is 5.59. The average Bonchev–Trinajstić information content (AvgIpc) is 2.71. The molecular formula is C13H25N3O. The molecule has 0 aliphatic carbocycles. The van der Waals surface area contributed by atoms with Gasteiger partial charge in [-0.3, -0.25) is 4.68 Å². The number of aromatic nitrogens is 2. The molecule has 1 N–H and O–H groups in total. The monoisotopic (exact) mass is 239 g/mol. The van der Waals surface area contributed by atoms with Crippen LogP contribution in [0.25, 0.3) is 0 Å². The smallest absolute Gasteiger partial charge is 0.0728 e. The number of hydrogen-bond acceptors (Lipinski definition) is 3. The van der Waals surface area contributed by atoms with Gasteiger partial charge in [0.15, 0.2) is 0 Å². The highest BCUT2D eigenvalue weighted by Gasteiger charge is 2.20. The van der Waals surface area contributed by atoms with Gasteiger partial charge in [0.1, 0.15) is 0 Å². The zero-order valence-corrected chi connectivity index (χ0v) is 11.4. The van der Waals surface area contributed by atoms with Gasteiger partial charge in [0, 0.05) is 32.8 Å². The highest BCUT2D eigenvalue weighted by molar-refractivity contribution is 5.02. The fourth-order valence-electron chi connectivity index (χ4n) is 2.16. The van der Waals surface area contributed by atoms with E-state index in [9.17, 15) is 0 Å². The summed E-state index contributed by atoms with van der Waals surface area (Å²) in [7, 11) is 3.74. The first-order valence-corrected chi connectivity index (χ1v) is 6.45. The van der Waals surface area contributed by atoms with Crippen molar-refractivity contribution in [1.29, 1.82) is 0 Å². The second-order valence-electron chi connectivity index (χ2n) is 4.41. The van der Waals surface area contributed by atoms with Crippen molar-refractivity contribution in [2.75, 3.05) is 13.7 Å². The summed E-state index contributed by atoms with van der Waals surface area (Å²) < 4.78 is 7.43. The van der Waals surface area contributed by atoms with E-state index in [4.69, 9.17) is 4.74 Å². The van der Waals surface area contributed by atoms with E-state index < -0.39 is 0 Å². The molecule has 1 aromatic heterocycles. The zero-order valence-electron chi connectivity index (χ0n) is 11.4. The molecule has 0 bridgehead atoms. The van der Waals surface area contributed by atoms with Crippen molar-refractivity contribution in [2.45, 2.75) is 45.3 Å². The molecule has 0 aliphatic heterocycles. The summed E-state index contributed by atoms with van der Waals surface area (Å²) >= 11 is 0. The number of hydrogen-bond donors (Lipinski definition) is 1. The number of likely N-dealkylation sites (N-methyl/N-ethyl adjacent to an activating group) is 1. The molecule has 2 atom stereocenters. The quantitative estimate of drug-likeness (QED) is 0.751. The second-order valence-corrected chi connectivity index (χ2v) is 4.41. The molecule has 4 heteroatoms. The Kier molecular flexibility index (Phi) is 6.22. The number of nitrogens with zero attached hydrogens (tertiary/aromatic N) is 2. The van der Waals surface area contributed by atoms with Gasteiger partial charge in [0.25, 0.3) is 0 Å². The molecule has 1 rings (SSSR count). The summed E-state index contributed by atoms with van der Waals surface area (Å²) in [6.07, 6.45) is 5.40. The highest BCUT2D eigenvalue weighted by atomic mass is 16.5. The van der Waals surface area contributed by atoms with Crippen molar-refractivity contribution in [3.63, 3.8) is 0 Å². The molecule has 0 spiro atoms. The van der Waals surface area contributed by atoms with E-state index in [1.54, 1.807) is 7.11 Å². The van der Waals surface area contributed by atoms with Crippen LogP contribution in [-0.2, 0) is 18.2 Å². The molecule has 4 nitrogen and oxygen atoms in total. The molecule has 0 radical (unpaired) electrons. The number of ether oxygens (including phenoxy) is 1. The van der Waals surface area contributed by atoms with E-state index in [1.807, 2.05) is 17.9 Å². The minimum atomic E-state index is 0.266. The third-order valence-electron chi connectivity index (χ3n) is 2.99. The molecule has 17 heavy (non-hydrogen) atoms. The molecular weight excluding hydrogens is 214 g/mol. The van der Waals surface area contributed by atoms with E-state index in [0.717, 1.165) is 31.5 Å². The third-order valence-corrected chi connectivity index (χ3v) is 2.99. The Bertz CT molecular complexity index is 311. The number of rotatable bonds is 8. The van der Waals surface area contributed by atoms with E-state index >= 15 is 0 Å². The maximum Gasteiger partial charge on any atom is 0.0728 e. The lowest BCUT2D eigenvalue weighted by atomic mass is 10.0. The Morgan fingerprint density at radius 2 is 2.24 bits per heavy atom. The normalized spacial score (nSPS) is 14.8. The Morgan fingerprint density at radius 3 is 2.71 bits per heavy atom. The minimum Gasteiger partial charge on any atom is -0.380 e. The number of methoxy groups -OCH3 is 1. The van der Waals surface area contributed by atoms with Crippen molar-refractivity contribution in [2.24, 2.45) is 7.05 Å². The van der Waals surface area contributed by atoms with Gasteiger partial charge in [-0.2, -0.15) is 5.10 Å². The fraction of sp³-hybridized carbons (Fsp3) is 0.769. The number of aryl methyl sites for hydroxylation is 1. The molecule has 2 unspecified atom stereocenters. The standard InChI is InChI=1S/C13H25N3O/c1-5-7-13(17-4)12(14-6-2)10-11-8-9-16(3)15-11/h8-9,12-14H,5-7,10H2,1-4H3. The molecule has 0 saturated heterocycles. The second kappa shape index (κ2) is 7.45. The van der Waals surface area contributed by atoms with Gasteiger partial charge < -0.3 is 10.1 Å². The summed E-state index contributed by atoms with van der Waals surface area (Å²) in [4.78, 5) is 0. The fourth-order valence-corrected chi connectivity index (χ4v) is 2.16. The predicted molar refractivity (Wildman–Crippen MR) is 70.1 cm³/mol. The molecule has 0 aromatic carbocycles. The van der Waals surface area contributed by atoms with Gasteiger partial charge in [-0.1, -0.05) is 20.3 Å². The van der Waals surface area contributed by atoms with Crippen molar-refractivity contribution >= 4 is 0 Å². The van der Waals surface area contributed by atoms with Gasteiger partial charge in [-0.25, -0.2) is 0 Å². The molecule has 98 valence electrons. The van der Waals surface area contributed by atoms with Crippen LogP contribution in [0.1, 0.15) is 32.4 Å². The van der Waals surface area contributed by atoms with E-state index in [0.29, 0.717) is 6.04 Å². The predicted octanol–water partition coefficient (Wildman–Crippen LogP) is 1.76. The Morgan fingerprint density at radius 1 is 1.47 bits per heavy atom. The Hall–Kier alpha value is -0.870. The Labute approximate surface area is 104 Å². The zero-order chi connectivity index (χ0) is 12.7. The van der Waals surface area contributed by atoms with Crippen LogP contribution in [0.5, 0.6) is 0 Å². The number of nitrogens with one attached hydrogen (secondary N) is 1. The van der Waals surface area contributed by atoms with Crippen LogP contribution >= 0.6 is 0 Å².